The van der Waals surface area contributed by atoms with Gasteiger partial charge in [0.1, 0.15) is 0 Å². The van der Waals surface area contributed by atoms with Gasteiger partial charge in [-0.1, -0.05) is 17.7 Å². The number of aromatic nitrogens is 1. The number of esters is 1. The molecule has 2 aromatic rings. The average molecular weight is 350 g/mol. The summed E-state index contributed by atoms with van der Waals surface area (Å²) in [5.74, 6) is -0.117. The number of hydrogen-bond donors (Lipinski definition) is 1. The summed E-state index contributed by atoms with van der Waals surface area (Å²) in [7, 11) is 0. The van der Waals surface area contributed by atoms with Crippen molar-refractivity contribution in [3.05, 3.63) is 40.9 Å². The van der Waals surface area contributed by atoms with Gasteiger partial charge >= 0.3 is 5.97 Å². The molecule has 0 unspecified atom stereocenters. The van der Waals surface area contributed by atoms with Crippen LogP contribution in [0, 0.1) is 6.92 Å². The standard InChI is InChI=1S/C16H18N2O3S2/c1-3-21-15(20)8-12-9-23-16(17-12)18-14(19)10-22-13-6-4-11(2)5-7-13/h4-7,9H,3,8,10H2,1-2H3,(H,17,18,19). The Hall–Kier alpha value is -1.86. The lowest BCUT2D eigenvalue weighted by Gasteiger charge is -2.02. The van der Waals surface area contributed by atoms with Gasteiger partial charge in [-0.2, -0.15) is 0 Å². The molecular formula is C16H18N2O3S2. The van der Waals surface area contributed by atoms with E-state index in [1.54, 1.807) is 12.3 Å². The number of amides is 1. The molecule has 0 atom stereocenters. The van der Waals surface area contributed by atoms with Gasteiger partial charge in [0.15, 0.2) is 5.13 Å². The van der Waals surface area contributed by atoms with E-state index in [4.69, 9.17) is 4.74 Å². The number of rotatable bonds is 7. The number of benzene rings is 1. The number of nitrogens with zero attached hydrogens (tertiary/aromatic N) is 1. The minimum Gasteiger partial charge on any atom is -0.466 e. The van der Waals surface area contributed by atoms with E-state index < -0.39 is 0 Å². The molecule has 0 aliphatic carbocycles. The maximum absolute atomic E-state index is 11.9. The molecule has 0 aliphatic heterocycles. The first-order valence-electron chi connectivity index (χ1n) is 7.16. The molecule has 1 aromatic heterocycles. The molecule has 5 nitrogen and oxygen atoms in total. The molecule has 7 heteroatoms. The van der Waals surface area contributed by atoms with Crippen LogP contribution in [0.3, 0.4) is 0 Å². The second-order valence-corrected chi connectivity index (χ2v) is 6.68. The Kier molecular flexibility index (Phi) is 6.61. The summed E-state index contributed by atoms with van der Waals surface area (Å²) in [6.07, 6.45) is 0.123. The normalized spacial score (nSPS) is 10.3. The van der Waals surface area contributed by atoms with Crippen LogP contribution in [-0.2, 0) is 20.7 Å². The highest BCUT2D eigenvalue weighted by Crippen LogP contribution is 2.20. The zero-order valence-electron chi connectivity index (χ0n) is 13.0. The van der Waals surface area contributed by atoms with Crippen molar-refractivity contribution in [3.8, 4) is 0 Å². The van der Waals surface area contributed by atoms with Gasteiger partial charge in [-0.25, -0.2) is 4.98 Å². The molecule has 23 heavy (non-hydrogen) atoms. The van der Waals surface area contributed by atoms with Gasteiger partial charge in [-0.15, -0.1) is 23.1 Å². The minimum absolute atomic E-state index is 0.118. The second-order valence-electron chi connectivity index (χ2n) is 4.78. The van der Waals surface area contributed by atoms with Crippen molar-refractivity contribution < 1.29 is 14.3 Å². The van der Waals surface area contributed by atoms with Crippen molar-refractivity contribution in [3.63, 3.8) is 0 Å². The maximum Gasteiger partial charge on any atom is 0.311 e. The van der Waals surface area contributed by atoms with Gasteiger partial charge in [-0.05, 0) is 26.0 Å². The molecule has 0 radical (unpaired) electrons. The van der Waals surface area contributed by atoms with Crippen LogP contribution >= 0.6 is 23.1 Å². The van der Waals surface area contributed by atoms with Crippen LogP contribution in [0.1, 0.15) is 18.2 Å². The summed E-state index contributed by atoms with van der Waals surface area (Å²) in [6, 6.07) is 8.02. The first kappa shape index (κ1) is 17.5. The number of carbonyl (C=O) groups is 2. The SMILES string of the molecule is CCOC(=O)Cc1csc(NC(=O)CSc2ccc(C)cc2)n1. The lowest BCUT2D eigenvalue weighted by Crippen LogP contribution is -2.14. The third-order valence-corrected chi connectivity index (χ3v) is 4.64. The Morgan fingerprint density at radius 1 is 1.30 bits per heavy atom. The van der Waals surface area contributed by atoms with Crippen LogP contribution in [0.4, 0.5) is 5.13 Å². The van der Waals surface area contributed by atoms with Gasteiger partial charge in [0.2, 0.25) is 5.91 Å². The summed E-state index contributed by atoms with van der Waals surface area (Å²) in [5, 5.41) is 4.99. The maximum atomic E-state index is 11.9. The van der Waals surface area contributed by atoms with Crippen LogP contribution < -0.4 is 5.32 Å². The fourth-order valence-corrected chi connectivity index (χ4v) is 3.17. The van der Waals surface area contributed by atoms with Crippen molar-refractivity contribution in [1.82, 2.24) is 4.98 Å². The summed E-state index contributed by atoms with van der Waals surface area (Å²) in [6.45, 7) is 4.14. The molecule has 0 saturated carbocycles. The molecule has 0 fully saturated rings. The predicted molar refractivity (Wildman–Crippen MR) is 93.0 cm³/mol. The number of ether oxygens (including phenoxy) is 1. The van der Waals surface area contributed by atoms with Crippen LogP contribution in [0.5, 0.6) is 0 Å². The highest BCUT2D eigenvalue weighted by molar-refractivity contribution is 8.00. The van der Waals surface area contributed by atoms with Gasteiger partial charge in [0.25, 0.3) is 0 Å². The van der Waals surface area contributed by atoms with E-state index in [0.29, 0.717) is 23.2 Å². The van der Waals surface area contributed by atoms with Gasteiger partial charge in [0, 0.05) is 10.3 Å². The number of carbonyl (C=O) groups excluding carboxylic acids is 2. The van der Waals surface area contributed by atoms with E-state index in [1.165, 1.54) is 28.7 Å². The van der Waals surface area contributed by atoms with E-state index in [0.717, 1.165) is 4.90 Å². The molecule has 1 N–H and O–H groups in total. The van der Waals surface area contributed by atoms with Crippen molar-refractivity contribution in [1.29, 1.82) is 0 Å². The summed E-state index contributed by atoms with van der Waals surface area (Å²) < 4.78 is 4.87. The Morgan fingerprint density at radius 3 is 2.74 bits per heavy atom. The molecule has 0 spiro atoms. The van der Waals surface area contributed by atoms with Gasteiger partial charge < -0.3 is 10.1 Å². The summed E-state index contributed by atoms with van der Waals surface area (Å²) in [4.78, 5) is 28.6. The predicted octanol–water partition coefficient (Wildman–Crippen LogP) is 3.29. The van der Waals surface area contributed by atoms with E-state index in [1.807, 2.05) is 31.2 Å². The first-order chi connectivity index (χ1) is 11.1. The largest absolute Gasteiger partial charge is 0.466 e. The molecular weight excluding hydrogens is 332 g/mol. The third-order valence-electron chi connectivity index (χ3n) is 2.82. The molecule has 1 heterocycles. The quantitative estimate of drug-likeness (QED) is 0.613. The van der Waals surface area contributed by atoms with Crippen LogP contribution in [-0.4, -0.2) is 29.2 Å². The smallest absolute Gasteiger partial charge is 0.311 e. The zero-order chi connectivity index (χ0) is 16.7. The number of aryl methyl sites for hydroxylation is 1. The Bertz CT molecular complexity index is 668. The fourth-order valence-electron chi connectivity index (χ4n) is 1.74. The van der Waals surface area contributed by atoms with Crippen molar-refractivity contribution in [2.45, 2.75) is 25.2 Å². The van der Waals surface area contributed by atoms with Crippen molar-refractivity contribution in [2.75, 3.05) is 17.7 Å². The molecule has 2 rings (SSSR count). The van der Waals surface area contributed by atoms with Gasteiger partial charge in [0.05, 0.1) is 24.5 Å². The van der Waals surface area contributed by atoms with E-state index in [9.17, 15) is 9.59 Å². The van der Waals surface area contributed by atoms with Gasteiger partial charge in [-0.3, -0.25) is 9.59 Å². The monoisotopic (exact) mass is 350 g/mol. The average Bonchev–Trinajstić information content (AvgIpc) is 2.94. The van der Waals surface area contributed by atoms with Crippen LogP contribution in [0.15, 0.2) is 34.5 Å². The van der Waals surface area contributed by atoms with Crippen molar-refractivity contribution in [2.24, 2.45) is 0 Å². The zero-order valence-corrected chi connectivity index (χ0v) is 14.6. The topological polar surface area (TPSA) is 68.3 Å². The number of thioether (sulfide) groups is 1. The number of hydrogen-bond acceptors (Lipinski definition) is 6. The first-order valence-corrected chi connectivity index (χ1v) is 9.02. The molecule has 1 amide bonds. The lowest BCUT2D eigenvalue weighted by molar-refractivity contribution is -0.142. The molecule has 0 aliphatic rings. The number of thiazole rings is 1. The Morgan fingerprint density at radius 2 is 2.04 bits per heavy atom. The Balaban J connectivity index is 1.80. The summed E-state index contributed by atoms with van der Waals surface area (Å²) >= 11 is 2.77. The summed E-state index contributed by atoms with van der Waals surface area (Å²) in [5.41, 5.74) is 1.80. The second kappa shape index (κ2) is 8.69. The van der Waals surface area contributed by atoms with Crippen LogP contribution in [0.25, 0.3) is 0 Å². The minimum atomic E-state index is -0.314. The molecule has 0 bridgehead atoms. The fraction of sp³-hybridized carbons (Fsp3) is 0.312. The van der Waals surface area contributed by atoms with Crippen LogP contribution in [0.2, 0.25) is 0 Å². The van der Waals surface area contributed by atoms with E-state index in [-0.39, 0.29) is 18.3 Å². The highest BCUT2D eigenvalue weighted by atomic mass is 32.2. The molecule has 1 aromatic carbocycles. The number of anilines is 1. The molecule has 0 saturated heterocycles. The third kappa shape index (κ3) is 6.03. The highest BCUT2D eigenvalue weighted by Gasteiger charge is 2.10. The number of nitrogens with one attached hydrogen (secondary N) is 1. The van der Waals surface area contributed by atoms with E-state index >= 15 is 0 Å². The lowest BCUT2D eigenvalue weighted by atomic mass is 10.2. The Labute approximate surface area is 143 Å². The van der Waals surface area contributed by atoms with Crippen molar-refractivity contribution >= 4 is 40.1 Å². The molecule has 122 valence electrons. The van der Waals surface area contributed by atoms with E-state index in [2.05, 4.69) is 10.3 Å².